The van der Waals surface area contributed by atoms with Crippen molar-refractivity contribution in [2.24, 2.45) is 0 Å². The highest BCUT2D eigenvalue weighted by molar-refractivity contribution is 7.12. The third-order valence-corrected chi connectivity index (χ3v) is 2.38. The van der Waals surface area contributed by atoms with Crippen molar-refractivity contribution < 1.29 is 4.79 Å². The third-order valence-electron chi connectivity index (χ3n) is 1.33. The molecule has 58 valence electrons. The van der Waals surface area contributed by atoms with Gasteiger partial charge < -0.3 is 0 Å². The van der Waals surface area contributed by atoms with Crippen molar-refractivity contribution in [3.63, 3.8) is 0 Å². The molecule has 0 unspecified atom stereocenters. The van der Waals surface area contributed by atoms with Gasteiger partial charge in [0.2, 0.25) is 0 Å². The summed E-state index contributed by atoms with van der Waals surface area (Å²) in [6.07, 6.45) is 3.95. The minimum atomic E-state index is 0.144. The van der Waals surface area contributed by atoms with Crippen molar-refractivity contribution in [2.75, 3.05) is 0 Å². The van der Waals surface area contributed by atoms with Gasteiger partial charge in [-0.25, -0.2) is 0 Å². The Morgan fingerprint density at radius 2 is 2.36 bits per heavy atom. The summed E-state index contributed by atoms with van der Waals surface area (Å²) in [4.78, 5) is 11.7. The first-order chi connectivity index (χ1) is 5.24. The SMILES string of the molecule is C/C=C/c1csc(C(C)=O)c1. The summed E-state index contributed by atoms with van der Waals surface area (Å²) in [5.41, 5.74) is 1.11. The average molecular weight is 166 g/mol. The lowest BCUT2D eigenvalue weighted by Gasteiger charge is -1.82. The lowest BCUT2D eigenvalue weighted by Crippen LogP contribution is -1.83. The number of hydrogen-bond acceptors (Lipinski definition) is 2. The number of ketones is 1. The highest BCUT2D eigenvalue weighted by Crippen LogP contribution is 2.16. The molecule has 0 fully saturated rings. The van der Waals surface area contributed by atoms with E-state index in [0.717, 1.165) is 10.4 Å². The Bertz CT molecular complexity index is 284. The number of carbonyl (C=O) groups is 1. The molecule has 0 radical (unpaired) electrons. The largest absolute Gasteiger partial charge is 0.294 e. The lowest BCUT2D eigenvalue weighted by atomic mass is 10.2. The van der Waals surface area contributed by atoms with Crippen LogP contribution in [0.3, 0.4) is 0 Å². The van der Waals surface area contributed by atoms with Crippen molar-refractivity contribution in [1.82, 2.24) is 0 Å². The van der Waals surface area contributed by atoms with Crippen LogP contribution in [0.5, 0.6) is 0 Å². The van der Waals surface area contributed by atoms with Gasteiger partial charge >= 0.3 is 0 Å². The van der Waals surface area contributed by atoms with Gasteiger partial charge in [0.05, 0.1) is 4.88 Å². The highest BCUT2D eigenvalue weighted by atomic mass is 32.1. The predicted octanol–water partition coefficient (Wildman–Crippen LogP) is 2.98. The van der Waals surface area contributed by atoms with Gasteiger partial charge in [-0.2, -0.15) is 0 Å². The zero-order chi connectivity index (χ0) is 8.27. The minimum Gasteiger partial charge on any atom is -0.294 e. The van der Waals surface area contributed by atoms with Gasteiger partial charge in [0, 0.05) is 0 Å². The van der Waals surface area contributed by atoms with E-state index in [1.165, 1.54) is 11.3 Å². The van der Waals surface area contributed by atoms with E-state index >= 15 is 0 Å². The molecule has 1 rings (SSSR count). The number of allylic oxidation sites excluding steroid dienone is 1. The Balaban J connectivity index is 2.90. The Morgan fingerprint density at radius 3 is 2.82 bits per heavy atom. The zero-order valence-corrected chi connectivity index (χ0v) is 7.44. The quantitative estimate of drug-likeness (QED) is 0.617. The van der Waals surface area contributed by atoms with Crippen molar-refractivity contribution in [3.05, 3.63) is 28.0 Å². The topological polar surface area (TPSA) is 17.1 Å². The first kappa shape index (κ1) is 8.21. The Labute approximate surface area is 70.4 Å². The molecule has 0 aromatic carbocycles. The molecule has 0 spiro atoms. The molecule has 1 nitrogen and oxygen atoms in total. The van der Waals surface area contributed by atoms with Crippen molar-refractivity contribution >= 4 is 23.2 Å². The van der Waals surface area contributed by atoms with E-state index in [9.17, 15) is 4.79 Å². The van der Waals surface area contributed by atoms with Crippen LogP contribution in [0.25, 0.3) is 6.08 Å². The maximum Gasteiger partial charge on any atom is 0.169 e. The van der Waals surface area contributed by atoms with Crippen LogP contribution < -0.4 is 0 Å². The van der Waals surface area contributed by atoms with E-state index in [1.54, 1.807) is 6.92 Å². The van der Waals surface area contributed by atoms with Crippen molar-refractivity contribution in [3.8, 4) is 0 Å². The smallest absolute Gasteiger partial charge is 0.169 e. The molecular weight excluding hydrogens is 156 g/mol. The summed E-state index contributed by atoms with van der Waals surface area (Å²) >= 11 is 1.50. The molecule has 0 aliphatic heterocycles. The Hall–Kier alpha value is -0.890. The first-order valence-corrected chi connectivity index (χ1v) is 4.34. The summed E-state index contributed by atoms with van der Waals surface area (Å²) in [7, 11) is 0. The van der Waals surface area contributed by atoms with E-state index in [4.69, 9.17) is 0 Å². The van der Waals surface area contributed by atoms with Gasteiger partial charge in [-0.3, -0.25) is 4.79 Å². The van der Waals surface area contributed by atoms with Crippen LogP contribution in [-0.2, 0) is 0 Å². The summed E-state index contributed by atoms with van der Waals surface area (Å²) in [6.45, 7) is 3.55. The molecule has 0 aliphatic carbocycles. The minimum absolute atomic E-state index is 0.144. The molecule has 0 amide bonds. The molecule has 0 N–H and O–H groups in total. The summed E-state index contributed by atoms with van der Waals surface area (Å²) in [6, 6.07) is 1.91. The van der Waals surface area contributed by atoms with E-state index in [2.05, 4.69) is 0 Å². The highest BCUT2D eigenvalue weighted by Gasteiger charge is 2.00. The van der Waals surface area contributed by atoms with E-state index in [-0.39, 0.29) is 5.78 Å². The molecule has 0 saturated heterocycles. The Kier molecular flexibility index (Phi) is 2.60. The van der Waals surface area contributed by atoms with Gasteiger partial charge in [0.1, 0.15) is 0 Å². The number of Topliss-reactive ketones (excluding diaryl/α,β-unsaturated/α-hetero) is 1. The molecular formula is C9H10OS. The van der Waals surface area contributed by atoms with Crippen LogP contribution in [0, 0.1) is 0 Å². The Morgan fingerprint density at radius 1 is 1.64 bits per heavy atom. The molecule has 0 bridgehead atoms. The van der Waals surface area contributed by atoms with Crippen molar-refractivity contribution in [2.45, 2.75) is 13.8 Å². The van der Waals surface area contributed by atoms with Crippen LogP contribution >= 0.6 is 11.3 Å². The molecule has 0 atom stereocenters. The molecule has 0 saturated carbocycles. The van der Waals surface area contributed by atoms with E-state index in [0.29, 0.717) is 0 Å². The fraction of sp³-hybridized carbons (Fsp3) is 0.222. The second-order valence-corrected chi connectivity index (χ2v) is 3.21. The number of carbonyl (C=O) groups excluding carboxylic acids is 1. The van der Waals surface area contributed by atoms with Crippen LogP contribution in [0.2, 0.25) is 0 Å². The van der Waals surface area contributed by atoms with E-state index < -0.39 is 0 Å². The predicted molar refractivity (Wildman–Crippen MR) is 49.0 cm³/mol. The van der Waals surface area contributed by atoms with Gasteiger partial charge in [0.25, 0.3) is 0 Å². The third kappa shape index (κ3) is 2.02. The second kappa shape index (κ2) is 3.49. The second-order valence-electron chi connectivity index (χ2n) is 2.30. The summed E-state index contributed by atoms with van der Waals surface area (Å²) in [5, 5.41) is 1.98. The van der Waals surface area contributed by atoms with Crippen LogP contribution in [0.1, 0.15) is 29.1 Å². The van der Waals surface area contributed by atoms with Gasteiger partial charge in [0.15, 0.2) is 5.78 Å². The number of rotatable bonds is 2. The van der Waals surface area contributed by atoms with Gasteiger partial charge in [-0.1, -0.05) is 12.2 Å². The van der Waals surface area contributed by atoms with E-state index in [1.807, 2.05) is 30.5 Å². The summed E-state index contributed by atoms with van der Waals surface area (Å²) in [5.74, 6) is 0.144. The fourth-order valence-electron chi connectivity index (χ4n) is 0.815. The number of hydrogen-bond donors (Lipinski definition) is 0. The maximum absolute atomic E-state index is 10.8. The normalized spacial score (nSPS) is 10.7. The summed E-state index contributed by atoms with van der Waals surface area (Å²) < 4.78 is 0. The monoisotopic (exact) mass is 166 g/mol. The molecule has 0 aliphatic rings. The molecule has 1 heterocycles. The standard InChI is InChI=1S/C9H10OS/c1-3-4-8-5-9(7(2)10)11-6-8/h3-6H,1-2H3/b4-3+. The maximum atomic E-state index is 10.8. The molecule has 1 aromatic rings. The van der Waals surface area contributed by atoms with Gasteiger partial charge in [-0.15, -0.1) is 11.3 Å². The molecule has 11 heavy (non-hydrogen) atoms. The lowest BCUT2D eigenvalue weighted by molar-refractivity contribution is 0.102. The number of thiophene rings is 1. The van der Waals surface area contributed by atoms with Crippen LogP contribution in [0.15, 0.2) is 17.5 Å². The fourth-order valence-corrected chi connectivity index (χ4v) is 1.60. The van der Waals surface area contributed by atoms with Crippen molar-refractivity contribution in [1.29, 1.82) is 0 Å². The zero-order valence-electron chi connectivity index (χ0n) is 6.63. The first-order valence-electron chi connectivity index (χ1n) is 3.46. The molecule has 1 aromatic heterocycles. The van der Waals surface area contributed by atoms with Crippen LogP contribution in [0.4, 0.5) is 0 Å². The average Bonchev–Trinajstić information content (AvgIpc) is 2.37. The van der Waals surface area contributed by atoms with Crippen LogP contribution in [-0.4, -0.2) is 5.78 Å². The molecule has 2 heteroatoms. The van der Waals surface area contributed by atoms with Gasteiger partial charge in [-0.05, 0) is 30.9 Å².